The Hall–Kier alpha value is -1.00. The Kier molecular flexibility index (Phi) is 3.65. The van der Waals surface area contributed by atoms with E-state index in [0.717, 1.165) is 6.07 Å². The fraction of sp³-hybridized carbons (Fsp3) is 0.455. The van der Waals surface area contributed by atoms with Crippen molar-refractivity contribution < 1.29 is 19.3 Å². The highest BCUT2D eigenvalue weighted by Gasteiger charge is 2.30. The Morgan fingerprint density at radius 2 is 2.06 bits per heavy atom. The van der Waals surface area contributed by atoms with Crippen LogP contribution >= 0.6 is 11.6 Å². The summed E-state index contributed by atoms with van der Waals surface area (Å²) in [6, 6.07) is 0.887. The quantitative estimate of drug-likeness (QED) is 0.864. The summed E-state index contributed by atoms with van der Waals surface area (Å²) in [5.74, 6) is -0.983. The monoisotopic (exact) mass is 248 g/mol. The van der Waals surface area contributed by atoms with Gasteiger partial charge in [0.1, 0.15) is 5.82 Å². The second-order valence-corrected chi connectivity index (χ2v) is 4.52. The van der Waals surface area contributed by atoms with Crippen molar-refractivity contribution in [2.45, 2.75) is 19.3 Å². The summed E-state index contributed by atoms with van der Waals surface area (Å²) in [7, 11) is 1.35. The van der Waals surface area contributed by atoms with Gasteiger partial charge in [0, 0.05) is 17.0 Å². The van der Waals surface area contributed by atoms with E-state index in [0.29, 0.717) is 0 Å². The highest BCUT2D eigenvalue weighted by Crippen LogP contribution is 2.43. The van der Waals surface area contributed by atoms with E-state index >= 15 is 0 Å². The molecule has 5 heteroatoms. The molecule has 90 valence electrons. The van der Waals surface area contributed by atoms with Gasteiger partial charge in [0.2, 0.25) is 0 Å². The molecule has 3 nitrogen and oxygen atoms in total. The molecule has 0 heterocycles. The first-order valence-corrected chi connectivity index (χ1v) is 5.09. The Balaban J connectivity index is 3.57. The lowest BCUT2D eigenvalue weighted by molar-refractivity contribution is 0.213. The molecule has 0 atom stereocenters. The van der Waals surface area contributed by atoms with Crippen molar-refractivity contribution in [1.29, 1.82) is 0 Å². The zero-order valence-electron chi connectivity index (χ0n) is 9.34. The summed E-state index contributed by atoms with van der Waals surface area (Å²) in [6.45, 7) is 3.11. The second-order valence-electron chi connectivity index (χ2n) is 4.14. The van der Waals surface area contributed by atoms with Crippen LogP contribution in [-0.2, 0) is 5.41 Å². The van der Waals surface area contributed by atoms with Gasteiger partial charge in [0.15, 0.2) is 11.5 Å². The SMILES string of the molecule is COc1c(O)cc(F)c(Cl)c1C(C)(C)CO. The van der Waals surface area contributed by atoms with Crippen LogP contribution in [0.1, 0.15) is 19.4 Å². The maximum absolute atomic E-state index is 13.4. The number of phenolic OH excluding ortho intramolecular Hbond substituents is 1. The molecular formula is C11H14ClFO3. The van der Waals surface area contributed by atoms with Crippen LogP contribution in [0.2, 0.25) is 5.02 Å². The number of hydrogen-bond acceptors (Lipinski definition) is 3. The van der Waals surface area contributed by atoms with Crippen LogP contribution in [0, 0.1) is 5.82 Å². The van der Waals surface area contributed by atoms with Crippen molar-refractivity contribution in [2.24, 2.45) is 0 Å². The largest absolute Gasteiger partial charge is 0.504 e. The van der Waals surface area contributed by atoms with E-state index in [1.54, 1.807) is 13.8 Å². The number of methoxy groups -OCH3 is 1. The molecule has 0 amide bonds. The molecule has 2 N–H and O–H groups in total. The van der Waals surface area contributed by atoms with Gasteiger partial charge in [0.25, 0.3) is 0 Å². The first-order chi connectivity index (χ1) is 7.35. The molecule has 0 spiro atoms. The third kappa shape index (κ3) is 2.08. The number of rotatable bonds is 3. The van der Waals surface area contributed by atoms with E-state index in [1.165, 1.54) is 7.11 Å². The van der Waals surface area contributed by atoms with E-state index < -0.39 is 11.2 Å². The predicted octanol–water partition coefficient (Wildman–Crippen LogP) is 2.46. The van der Waals surface area contributed by atoms with E-state index in [2.05, 4.69) is 0 Å². The third-order valence-corrected chi connectivity index (χ3v) is 2.80. The van der Waals surface area contributed by atoms with E-state index in [4.69, 9.17) is 16.3 Å². The fourth-order valence-electron chi connectivity index (χ4n) is 1.49. The number of hydrogen-bond donors (Lipinski definition) is 2. The third-order valence-electron chi connectivity index (χ3n) is 2.43. The zero-order valence-corrected chi connectivity index (χ0v) is 10.1. The van der Waals surface area contributed by atoms with Gasteiger partial charge in [-0.15, -0.1) is 0 Å². The summed E-state index contributed by atoms with van der Waals surface area (Å²) >= 11 is 5.84. The molecule has 1 aromatic rings. The zero-order chi connectivity index (χ0) is 12.5. The van der Waals surface area contributed by atoms with Crippen LogP contribution in [0.3, 0.4) is 0 Å². The average molecular weight is 249 g/mol. The molecule has 0 saturated carbocycles. The number of benzene rings is 1. The van der Waals surface area contributed by atoms with Crippen LogP contribution in [-0.4, -0.2) is 23.9 Å². The van der Waals surface area contributed by atoms with Gasteiger partial charge in [-0.1, -0.05) is 25.4 Å². The molecule has 0 radical (unpaired) electrons. The minimum Gasteiger partial charge on any atom is -0.504 e. The smallest absolute Gasteiger partial charge is 0.166 e. The molecule has 0 unspecified atom stereocenters. The summed E-state index contributed by atoms with van der Waals surface area (Å²) in [5.41, 5.74) is -0.543. The predicted molar refractivity (Wildman–Crippen MR) is 59.7 cm³/mol. The van der Waals surface area contributed by atoms with Crippen LogP contribution < -0.4 is 4.74 Å². The number of aliphatic hydroxyl groups is 1. The maximum atomic E-state index is 13.4. The highest BCUT2D eigenvalue weighted by atomic mass is 35.5. The molecule has 0 fully saturated rings. The normalized spacial score (nSPS) is 11.6. The summed E-state index contributed by atoms with van der Waals surface area (Å²) in [4.78, 5) is 0. The Labute approximate surface area is 98.4 Å². The van der Waals surface area contributed by atoms with Crippen molar-refractivity contribution >= 4 is 11.6 Å². The Morgan fingerprint density at radius 3 is 2.50 bits per heavy atom. The first kappa shape index (κ1) is 13.1. The minimum atomic E-state index is -0.804. The lowest BCUT2D eigenvalue weighted by Gasteiger charge is -2.26. The van der Waals surface area contributed by atoms with Gasteiger partial charge in [-0.05, 0) is 0 Å². The average Bonchev–Trinajstić information content (AvgIpc) is 2.22. The van der Waals surface area contributed by atoms with Gasteiger partial charge in [-0.25, -0.2) is 4.39 Å². The van der Waals surface area contributed by atoms with E-state index in [1.807, 2.05) is 0 Å². The van der Waals surface area contributed by atoms with Gasteiger partial charge in [-0.2, -0.15) is 0 Å². The molecule has 16 heavy (non-hydrogen) atoms. The molecule has 0 aromatic heterocycles. The molecule has 1 aromatic carbocycles. The number of halogens is 2. The summed E-state index contributed by atoms with van der Waals surface area (Å²) < 4.78 is 18.4. The van der Waals surface area contributed by atoms with E-state index in [9.17, 15) is 14.6 Å². The van der Waals surface area contributed by atoms with Gasteiger partial charge < -0.3 is 14.9 Å². The van der Waals surface area contributed by atoms with Gasteiger partial charge in [-0.3, -0.25) is 0 Å². The molecule has 0 aliphatic heterocycles. The van der Waals surface area contributed by atoms with E-state index in [-0.39, 0.29) is 28.7 Å². The molecule has 0 saturated heterocycles. The fourth-order valence-corrected chi connectivity index (χ4v) is 1.88. The van der Waals surface area contributed by atoms with Crippen molar-refractivity contribution in [3.8, 4) is 11.5 Å². The van der Waals surface area contributed by atoms with Gasteiger partial charge >= 0.3 is 0 Å². The molecule has 0 bridgehead atoms. The molecule has 1 rings (SSSR count). The number of ether oxygens (including phenoxy) is 1. The van der Waals surface area contributed by atoms with Crippen LogP contribution in [0.25, 0.3) is 0 Å². The highest BCUT2D eigenvalue weighted by molar-refractivity contribution is 6.32. The maximum Gasteiger partial charge on any atom is 0.166 e. The Morgan fingerprint density at radius 1 is 1.50 bits per heavy atom. The lowest BCUT2D eigenvalue weighted by Crippen LogP contribution is -2.24. The molecular weight excluding hydrogens is 235 g/mol. The number of aromatic hydroxyl groups is 1. The summed E-state index contributed by atoms with van der Waals surface area (Å²) in [5, 5.41) is 18.7. The lowest BCUT2D eigenvalue weighted by atomic mass is 9.84. The second kappa shape index (κ2) is 4.47. The van der Waals surface area contributed by atoms with Crippen molar-refractivity contribution in [1.82, 2.24) is 0 Å². The first-order valence-electron chi connectivity index (χ1n) is 4.71. The minimum absolute atomic E-state index is 0.0884. The standard InChI is InChI=1S/C11H14ClFO3/c1-11(2,5-14)8-9(12)6(13)4-7(15)10(8)16-3/h4,14-15H,5H2,1-3H3. The number of aliphatic hydroxyl groups excluding tert-OH is 1. The topological polar surface area (TPSA) is 49.7 Å². The number of phenols is 1. The van der Waals surface area contributed by atoms with Gasteiger partial charge in [0.05, 0.1) is 18.7 Å². The van der Waals surface area contributed by atoms with Crippen molar-refractivity contribution in [2.75, 3.05) is 13.7 Å². The van der Waals surface area contributed by atoms with Crippen LogP contribution in [0.4, 0.5) is 4.39 Å². The molecule has 0 aliphatic rings. The molecule has 0 aliphatic carbocycles. The van der Waals surface area contributed by atoms with Crippen LogP contribution in [0.15, 0.2) is 6.07 Å². The summed E-state index contributed by atoms with van der Waals surface area (Å²) in [6.07, 6.45) is 0. The van der Waals surface area contributed by atoms with Crippen molar-refractivity contribution in [3.63, 3.8) is 0 Å². The van der Waals surface area contributed by atoms with Crippen LogP contribution in [0.5, 0.6) is 11.5 Å². The van der Waals surface area contributed by atoms with Crippen molar-refractivity contribution in [3.05, 3.63) is 22.5 Å². The Bertz CT molecular complexity index is 405.